The summed E-state index contributed by atoms with van der Waals surface area (Å²) >= 11 is 0. The Morgan fingerprint density at radius 2 is 1.78 bits per heavy atom. The molecular weight excluding hydrogens is 286 g/mol. The molecule has 3 aromatic carbocycles. The topological polar surface area (TPSA) is 46.4 Å². The highest BCUT2D eigenvalue weighted by Crippen LogP contribution is 2.29. The molecule has 4 heteroatoms. The normalized spacial score (nSPS) is 11.9. The highest BCUT2D eigenvalue weighted by Gasteiger charge is 2.15. The maximum Gasteiger partial charge on any atom is 0.264 e. The van der Waals surface area contributed by atoms with Gasteiger partial charge in [0.1, 0.15) is 5.65 Å². The first-order valence-electron chi connectivity index (χ1n) is 7.55. The zero-order chi connectivity index (χ0) is 15.6. The fourth-order valence-electron chi connectivity index (χ4n) is 3.45. The molecule has 0 amide bonds. The van der Waals surface area contributed by atoms with E-state index in [0.717, 1.165) is 43.9 Å². The van der Waals surface area contributed by atoms with Crippen LogP contribution in [0.25, 0.3) is 38.2 Å². The molecule has 4 nitrogen and oxygen atoms in total. The van der Waals surface area contributed by atoms with E-state index in [1.165, 1.54) is 0 Å². The number of imidazole rings is 1. The monoisotopic (exact) mass is 299 g/mol. The van der Waals surface area contributed by atoms with Crippen LogP contribution in [-0.2, 0) is 0 Å². The van der Waals surface area contributed by atoms with Crippen LogP contribution in [0.2, 0.25) is 0 Å². The summed E-state index contributed by atoms with van der Waals surface area (Å²) in [6, 6.07) is 17.8. The van der Waals surface area contributed by atoms with Crippen molar-refractivity contribution in [2.75, 3.05) is 12.4 Å². The van der Waals surface area contributed by atoms with Crippen molar-refractivity contribution in [3.8, 4) is 0 Å². The average molecular weight is 299 g/mol. The van der Waals surface area contributed by atoms with Gasteiger partial charge in [0.05, 0.1) is 11.0 Å². The lowest BCUT2D eigenvalue weighted by Crippen LogP contribution is -2.13. The highest BCUT2D eigenvalue weighted by atomic mass is 16.1. The fourth-order valence-corrected chi connectivity index (χ4v) is 3.45. The summed E-state index contributed by atoms with van der Waals surface area (Å²) in [7, 11) is 1.87. The van der Waals surface area contributed by atoms with E-state index in [9.17, 15) is 4.79 Å². The molecule has 0 aliphatic carbocycles. The first-order valence-corrected chi connectivity index (χ1v) is 7.55. The van der Waals surface area contributed by atoms with Gasteiger partial charge >= 0.3 is 0 Å². The van der Waals surface area contributed by atoms with E-state index in [-0.39, 0.29) is 5.56 Å². The maximum absolute atomic E-state index is 13.0. The molecule has 1 N–H and O–H groups in total. The van der Waals surface area contributed by atoms with Crippen LogP contribution in [-0.4, -0.2) is 16.4 Å². The number of hydrogen-bond acceptors (Lipinski definition) is 3. The van der Waals surface area contributed by atoms with Gasteiger partial charge in [-0.3, -0.25) is 9.20 Å². The lowest BCUT2D eigenvalue weighted by Gasteiger charge is -2.06. The molecule has 0 spiro atoms. The van der Waals surface area contributed by atoms with Crippen molar-refractivity contribution in [3.05, 3.63) is 65.0 Å². The number of nitrogens with one attached hydrogen (secondary N) is 1. The van der Waals surface area contributed by atoms with Gasteiger partial charge in [-0.05, 0) is 29.7 Å². The Labute approximate surface area is 131 Å². The zero-order valence-electron chi connectivity index (χ0n) is 12.5. The van der Waals surface area contributed by atoms with Crippen LogP contribution in [0.5, 0.6) is 0 Å². The number of nitrogens with zero attached hydrogens (tertiary/aromatic N) is 2. The fraction of sp³-hybridized carbons (Fsp3) is 0.0526. The molecule has 0 radical (unpaired) electrons. The van der Waals surface area contributed by atoms with Crippen molar-refractivity contribution in [1.29, 1.82) is 0 Å². The molecule has 0 aliphatic rings. The predicted octanol–water partition coefficient (Wildman–Crippen LogP) is 3.63. The Kier molecular flexibility index (Phi) is 2.26. The standard InChI is InChI=1S/C19H13N3O/c1-20-12-8-9-16-15(10-12)21-18-13-6-2-4-11-5-3-7-14(17(11)13)19(23)22(16)18/h2-10,20H,1H3. The number of anilines is 1. The lowest BCUT2D eigenvalue weighted by atomic mass is 10.0. The van der Waals surface area contributed by atoms with Crippen LogP contribution in [0.4, 0.5) is 5.69 Å². The van der Waals surface area contributed by atoms with Gasteiger partial charge in [-0.15, -0.1) is 0 Å². The summed E-state index contributed by atoms with van der Waals surface area (Å²) < 4.78 is 1.73. The Bertz CT molecular complexity index is 1260. The quantitative estimate of drug-likeness (QED) is 0.514. The van der Waals surface area contributed by atoms with Crippen molar-refractivity contribution in [3.63, 3.8) is 0 Å². The minimum Gasteiger partial charge on any atom is -0.388 e. The summed E-state index contributed by atoms with van der Waals surface area (Å²) in [4.78, 5) is 17.8. The van der Waals surface area contributed by atoms with E-state index in [2.05, 4.69) is 5.32 Å². The maximum atomic E-state index is 13.0. The Balaban J connectivity index is 2.14. The van der Waals surface area contributed by atoms with Crippen LogP contribution in [0, 0.1) is 0 Å². The second-order valence-corrected chi connectivity index (χ2v) is 5.74. The van der Waals surface area contributed by atoms with E-state index in [1.807, 2.05) is 61.6 Å². The smallest absolute Gasteiger partial charge is 0.264 e. The third-order valence-electron chi connectivity index (χ3n) is 4.52. The zero-order valence-corrected chi connectivity index (χ0v) is 12.5. The summed E-state index contributed by atoms with van der Waals surface area (Å²) in [6.07, 6.45) is 0. The molecule has 0 bridgehead atoms. The first kappa shape index (κ1) is 12.4. The predicted molar refractivity (Wildman–Crippen MR) is 94.7 cm³/mol. The van der Waals surface area contributed by atoms with Gasteiger partial charge in [-0.1, -0.05) is 30.3 Å². The summed E-state index contributed by atoms with van der Waals surface area (Å²) in [6.45, 7) is 0. The second-order valence-electron chi connectivity index (χ2n) is 5.74. The molecule has 5 rings (SSSR count). The molecule has 5 aromatic rings. The van der Waals surface area contributed by atoms with Gasteiger partial charge < -0.3 is 5.32 Å². The second kappa shape index (κ2) is 4.20. The minimum atomic E-state index is -0.0102. The highest BCUT2D eigenvalue weighted by molar-refractivity contribution is 6.15. The molecule has 0 fully saturated rings. The van der Waals surface area contributed by atoms with Crippen LogP contribution >= 0.6 is 0 Å². The van der Waals surface area contributed by atoms with Crippen LogP contribution < -0.4 is 10.9 Å². The first-order chi connectivity index (χ1) is 11.3. The average Bonchev–Trinajstić information content (AvgIpc) is 2.98. The van der Waals surface area contributed by atoms with Crippen LogP contribution in [0.3, 0.4) is 0 Å². The number of fused-ring (bicyclic) bond motifs is 4. The van der Waals surface area contributed by atoms with Crippen molar-refractivity contribution in [2.45, 2.75) is 0 Å². The molecule has 0 atom stereocenters. The van der Waals surface area contributed by atoms with Crippen molar-refractivity contribution < 1.29 is 0 Å². The van der Waals surface area contributed by atoms with Crippen molar-refractivity contribution in [1.82, 2.24) is 9.38 Å². The largest absolute Gasteiger partial charge is 0.388 e. The summed E-state index contributed by atoms with van der Waals surface area (Å²) in [5.41, 5.74) is 3.36. The van der Waals surface area contributed by atoms with Crippen LogP contribution in [0.15, 0.2) is 59.4 Å². The van der Waals surface area contributed by atoms with Gasteiger partial charge in [0.2, 0.25) is 0 Å². The molecule has 2 aromatic heterocycles. The van der Waals surface area contributed by atoms with E-state index < -0.39 is 0 Å². The Morgan fingerprint density at radius 3 is 2.57 bits per heavy atom. The van der Waals surface area contributed by atoms with Gasteiger partial charge in [-0.25, -0.2) is 4.98 Å². The van der Waals surface area contributed by atoms with Crippen molar-refractivity contribution >= 4 is 43.9 Å². The Hall–Kier alpha value is -3.14. The molecule has 0 aliphatic heterocycles. The molecular formula is C19H13N3O. The van der Waals surface area contributed by atoms with Crippen molar-refractivity contribution in [2.24, 2.45) is 0 Å². The lowest BCUT2D eigenvalue weighted by molar-refractivity contribution is 1.19. The third-order valence-corrected chi connectivity index (χ3v) is 4.52. The molecule has 0 unspecified atom stereocenters. The van der Waals surface area contributed by atoms with E-state index in [4.69, 9.17) is 4.98 Å². The summed E-state index contributed by atoms with van der Waals surface area (Å²) in [5.74, 6) is 0. The molecule has 23 heavy (non-hydrogen) atoms. The SMILES string of the molecule is CNc1ccc2c(c1)nc1c3cccc4cccc(c(=O)n21)c43. The van der Waals surface area contributed by atoms with E-state index in [1.54, 1.807) is 4.40 Å². The minimum absolute atomic E-state index is 0.0102. The number of hydrogen-bond donors (Lipinski definition) is 1. The van der Waals surface area contributed by atoms with Gasteiger partial charge in [-0.2, -0.15) is 0 Å². The van der Waals surface area contributed by atoms with Gasteiger partial charge in [0.25, 0.3) is 5.56 Å². The number of rotatable bonds is 1. The molecule has 0 saturated carbocycles. The van der Waals surface area contributed by atoms with E-state index >= 15 is 0 Å². The van der Waals surface area contributed by atoms with E-state index in [0.29, 0.717) is 0 Å². The molecule has 110 valence electrons. The molecule has 2 heterocycles. The number of aromatic nitrogens is 2. The third kappa shape index (κ3) is 1.50. The number of pyridine rings is 1. The number of benzene rings is 3. The summed E-state index contributed by atoms with van der Waals surface area (Å²) in [5, 5.41) is 6.93. The van der Waals surface area contributed by atoms with Gasteiger partial charge in [0.15, 0.2) is 0 Å². The molecule has 0 saturated heterocycles. The van der Waals surface area contributed by atoms with Crippen LogP contribution in [0.1, 0.15) is 0 Å². The van der Waals surface area contributed by atoms with Gasteiger partial charge in [0, 0.05) is 28.9 Å². The Morgan fingerprint density at radius 1 is 1.00 bits per heavy atom.